The van der Waals surface area contributed by atoms with Crippen LogP contribution in [0.5, 0.6) is 0 Å². The molecule has 2 aromatic rings. The largest absolute Gasteiger partial charge is 0.314 e. The molecular formula is C15H19N3S. The Hall–Kier alpha value is -1.13. The van der Waals surface area contributed by atoms with E-state index in [2.05, 4.69) is 28.3 Å². The van der Waals surface area contributed by atoms with Crippen molar-refractivity contribution >= 4 is 22.7 Å². The number of para-hydroxylation sites is 1. The number of hydrogen-bond donors (Lipinski definition) is 1. The third kappa shape index (κ3) is 3.45. The van der Waals surface area contributed by atoms with Gasteiger partial charge in [0.15, 0.2) is 0 Å². The molecule has 1 saturated carbocycles. The second kappa shape index (κ2) is 5.88. The highest BCUT2D eigenvalue weighted by Crippen LogP contribution is 2.26. The van der Waals surface area contributed by atoms with Gasteiger partial charge >= 0.3 is 0 Å². The summed E-state index contributed by atoms with van der Waals surface area (Å²) in [5.74, 6) is 1.76. The molecule has 19 heavy (non-hydrogen) atoms. The number of nitrogens with zero attached hydrogens (tertiary/aromatic N) is 2. The molecule has 3 rings (SSSR count). The van der Waals surface area contributed by atoms with Crippen LogP contribution in [-0.2, 0) is 0 Å². The molecule has 1 atom stereocenters. The molecule has 4 heteroatoms. The smallest absolute Gasteiger partial charge is 0.117 e. The van der Waals surface area contributed by atoms with E-state index in [1.165, 1.54) is 12.8 Å². The molecule has 3 nitrogen and oxygen atoms in total. The summed E-state index contributed by atoms with van der Waals surface area (Å²) < 4.78 is 0. The Morgan fingerprint density at radius 1 is 1.32 bits per heavy atom. The van der Waals surface area contributed by atoms with Gasteiger partial charge in [0.1, 0.15) is 11.4 Å². The summed E-state index contributed by atoms with van der Waals surface area (Å²) in [6, 6.07) is 9.01. The SMILES string of the molecule is CC(CNC1CC1)CSc1ncnc2ccccc12. The van der Waals surface area contributed by atoms with E-state index in [1.807, 2.05) is 30.0 Å². The van der Waals surface area contributed by atoms with E-state index in [9.17, 15) is 0 Å². The van der Waals surface area contributed by atoms with Crippen molar-refractivity contribution in [2.75, 3.05) is 12.3 Å². The minimum atomic E-state index is 0.666. The summed E-state index contributed by atoms with van der Waals surface area (Å²) >= 11 is 1.84. The van der Waals surface area contributed by atoms with Crippen molar-refractivity contribution < 1.29 is 0 Å². The third-order valence-electron chi connectivity index (χ3n) is 3.34. The minimum Gasteiger partial charge on any atom is -0.314 e. The van der Waals surface area contributed by atoms with Crippen molar-refractivity contribution in [3.05, 3.63) is 30.6 Å². The van der Waals surface area contributed by atoms with Crippen LogP contribution in [0.2, 0.25) is 0 Å². The molecule has 1 aliphatic carbocycles. The highest BCUT2D eigenvalue weighted by Gasteiger charge is 2.20. The molecule has 100 valence electrons. The second-order valence-electron chi connectivity index (χ2n) is 5.29. The third-order valence-corrected chi connectivity index (χ3v) is 4.68. The molecule has 0 bridgehead atoms. The molecule has 0 radical (unpaired) electrons. The molecule has 1 aromatic carbocycles. The summed E-state index contributed by atoms with van der Waals surface area (Å²) in [6.07, 6.45) is 4.38. The average molecular weight is 273 g/mol. The van der Waals surface area contributed by atoms with Crippen molar-refractivity contribution in [2.24, 2.45) is 5.92 Å². The van der Waals surface area contributed by atoms with E-state index in [0.29, 0.717) is 5.92 Å². The molecule has 1 fully saturated rings. The number of rotatable bonds is 6. The first-order chi connectivity index (χ1) is 9.33. The molecule has 0 aliphatic heterocycles. The molecular weight excluding hydrogens is 254 g/mol. The first-order valence-electron chi connectivity index (χ1n) is 6.89. The van der Waals surface area contributed by atoms with Gasteiger partial charge in [-0.05, 0) is 31.4 Å². The van der Waals surface area contributed by atoms with Crippen LogP contribution in [0.25, 0.3) is 10.9 Å². The van der Waals surface area contributed by atoms with Crippen molar-refractivity contribution in [2.45, 2.75) is 30.8 Å². The lowest BCUT2D eigenvalue weighted by molar-refractivity contribution is 0.556. The van der Waals surface area contributed by atoms with Gasteiger partial charge in [0, 0.05) is 17.2 Å². The van der Waals surface area contributed by atoms with Crippen LogP contribution in [-0.4, -0.2) is 28.3 Å². The lowest BCUT2D eigenvalue weighted by Crippen LogP contribution is -2.24. The van der Waals surface area contributed by atoms with Crippen molar-refractivity contribution in [3.8, 4) is 0 Å². The molecule has 0 spiro atoms. The van der Waals surface area contributed by atoms with Crippen molar-refractivity contribution in [1.29, 1.82) is 0 Å². The van der Waals surface area contributed by atoms with Crippen LogP contribution in [0, 0.1) is 5.92 Å². The molecule has 1 heterocycles. The van der Waals surface area contributed by atoms with Crippen LogP contribution in [0.15, 0.2) is 35.6 Å². The molecule has 0 amide bonds. The van der Waals surface area contributed by atoms with E-state index in [-0.39, 0.29) is 0 Å². The van der Waals surface area contributed by atoms with E-state index in [4.69, 9.17) is 0 Å². The maximum absolute atomic E-state index is 4.42. The fraction of sp³-hybridized carbons (Fsp3) is 0.467. The van der Waals surface area contributed by atoms with Gasteiger partial charge in [-0.3, -0.25) is 0 Å². The summed E-state index contributed by atoms with van der Waals surface area (Å²) in [4.78, 5) is 8.72. The zero-order valence-electron chi connectivity index (χ0n) is 11.2. The molecule has 1 aromatic heterocycles. The maximum atomic E-state index is 4.42. The Kier molecular flexibility index (Phi) is 3.99. The van der Waals surface area contributed by atoms with Gasteiger partial charge in [-0.15, -0.1) is 11.8 Å². The van der Waals surface area contributed by atoms with Crippen molar-refractivity contribution in [3.63, 3.8) is 0 Å². The molecule has 1 N–H and O–H groups in total. The van der Waals surface area contributed by atoms with Gasteiger partial charge in [0.05, 0.1) is 5.52 Å². The Morgan fingerprint density at radius 3 is 3.00 bits per heavy atom. The van der Waals surface area contributed by atoms with Gasteiger partial charge < -0.3 is 5.32 Å². The predicted molar refractivity (Wildman–Crippen MR) is 80.5 cm³/mol. The van der Waals surface area contributed by atoms with Gasteiger partial charge in [-0.1, -0.05) is 25.1 Å². The van der Waals surface area contributed by atoms with E-state index in [0.717, 1.165) is 34.3 Å². The standard InChI is InChI=1S/C15H19N3S/c1-11(8-16-12-6-7-12)9-19-15-13-4-2-3-5-14(13)17-10-18-15/h2-5,10-12,16H,6-9H2,1H3. The fourth-order valence-corrected chi connectivity index (χ4v) is 3.04. The molecule has 1 unspecified atom stereocenters. The summed E-state index contributed by atoms with van der Waals surface area (Å²) in [6.45, 7) is 3.41. The average Bonchev–Trinajstić information content (AvgIpc) is 3.27. The first kappa shape index (κ1) is 12.9. The van der Waals surface area contributed by atoms with E-state index in [1.54, 1.807) is 6.33 Å². The lowest BCUT2D eigenvalue weighted by atomic mass is 10.2. The Bertz CT molecular complexity index is 549. The highest BCUT2D eigenvalue weighted by atomic mass is 32.2. The number of fused-ring (bicyclic) bond motifs is 1. The van der Waals surface area contributed by atoms with Gasteiger partial charge in [0.2, 0.25) is 0 Å². The summed E-state index contributed by atoms with van der Waals surface area (Å²) in [5, 5.41) is 5.85. The van der Waals surface area contributed by atoms with Gasteiger partial charge in [-0.25, -0.2) is 9.97 Å². The Labute approximate surface area is 118 Å². The lowest BCUT2D eigenvalue weighted by Gasteiger charge is -2.12. The van der Waals surface area contributed by atoms with Crippen molar-refractivity contribution in [1.82, 2.24) is 15.3 Å². The monoisotopic (exact) mass is 273 g/mol. The highest BCUT2D eigenvalue weighted by molar-refractivity contribution is 7.99. The summed E-state index contributed by atoms with van der Waals surface area (Å²) in [5.41, 5.74) is 1.03. The second-order valence-corrected chi connectivity index (χ2v) is 6.30. The van der Waals surface area contributed by atoms with Gasteiger partial charge in [-0.2, -0.15) is 0 Å². The Morgan fingerprint density at radius 2 is 2.16 bits per heavy atom. The molecule has 1 aliphatic rings. The van der Waals surface area contributed by atoms with Gasteiger partial charge in [0.25, 0.3) is 0 Å². The number of hydrogen-bond acceptors (Lipinski definition) is 4. The van der Waals surface area contributed by atoms with Crippen LogP contribution in [0.3, 0.4) is 0 Å². The number of benzene rings is 1. The number of thioether (sulfide) groups is 1. The predicted octanol–water partition coefficient (Wildman–Crippen LogP) is 3.11. The molecule has 0 saturated heterocycles. The fourth-order valence-electron chi connectivity index (χ4n) is 2.03. The minimum absolute atomic E-state index is 0.666. The maximum Gasteiger partial charge on any atom is 0.117 e. The van der Waals surface area contributed by atoms with Crippen LogP contribution in [0.1, 0.15) is 19.8 Å². The van der Waals surface area contributed by atoms with E-state index >= 15 is 0 Å². The quantitative estimate of drug-likeness (QED) is 0.648. The topological polar surface area (TPSA) is 37.8 Å². The zero-order chi connectivity index (χ0) is 13.1. The number of aromatic nitrogens is 2. The Balaban J connectivity index is 1.61. The first-order valence-corrected chi connectivity index (χ1v) is 7.87. The summed E-state index contributed by atoms with van der Waals surface area (Å²) in [7, 11) is 0. The van der Waals surface area contributed by atoms with Crippen LogP contribution >= 0.6 is 11.8 Å². The van der Waals surface area contributed by atoms with E-state index < -0.39 is 0 Å². The number of nitrogens with one attached hydrogen (secondary N) is 1. The van der Waals surface area contributed by atoms with Crippen LogP contribution < -0.4 is 5.32 Å². The van der Waals surface area contributed by atoms with Crippen LogP contribution in [0.4, 0.5) is 0 Å². The normalized spacial score (nSPS) is 16.7. The zero-order valence-corrected chi connectivity index (χ0v) is 12.0.